The summed E-state index contributed by atoms with van der Waals surface area (Å²) in [4.78, 5) is 2.40. The third-order valence-corrected chi connectivity index (χ3v) is 4.18. The Morgan fingerprint density at radius 1 is 1.25 bits per heavy atom. The standard InChI is InChI=1S/C16H22N4/c1-3-20(13-7-6-10-17-11-13)16-15-9-5-4-8-14(15)12(2)18-19-16/h4-5,8-9,13,17H,3,6-7,10-11H2,1-2H3. The number of nitrogens with one attached hydrogen (secondary N) is 1. The molecule has 0 aliphatic carbocycles. The van der Waals surface area contributed by atoms with Crippen LogP contribution in [0.25, 0.3) is 10.8 Å². The molecule has 4 nitrogen and oxygen atoms in total. The first-order chi connectivity index (χ1) is 9.81. The van der Waals surface area contributed by atoms with E-state index in [1.807, 2.05) is 6.92 Å². The van der Waals surface area contributed by atoms with Crippen LogP contribution in [0.4, 0.5) is 5.82 Å². The van der Waals surface area contributed by atoms with Crippen molar-refractivity contribution < 1.29 is 0 Å². The van der Waals surface area contributed by atoms with Crippen LogP contribution in [0.3, 0.4) is 0 Å². The smallest absolute Gasteiger partial charge is 0.159 e. The first-order valence-corrected chi connectivity index (χ1v) is 7.50. The van der Waals surface area contributed by atoms with Crippen molar-refractivity contribution in [2.24, 2.45) is 0 Å². The monoisotopic (exact) mass is 270 g/mol. The van der Waals surface area contributed by atoms with Crippen LogP contribution in [0, 0.1) is 6.92 Å². The summed E-state index contributed by atoms with van der Waals surface area (Å²) in [6, 6.07) is 8.97. The third-order valence-electron chi connectivity index (χ3n) is 4.18. The molecule has 1 atom stereocenters. The SMILES string of the molecule is CCN(c1nnc(C)c2ccccc12)C1CCCNC1. The highest BCUT2D eigenvalue weighted by Gasteiger charge is 2.23. The summed E-state index contributed by atoms with van der Waals surface area (Å²) in [5.74, 6) is 1.03. The Hall–Kier alpha value is -1.68. The van der Waals surface area contributed by atoms with Gasteiger partial charge in [-0.15, -0.1) is 5.10 Å². The van der Waals surface area contributed by atoms with E-state index in [9.17, 15) is 0 Å². The van der Waals surface area contributed by atoms with E-state index in [1.54, 1.807) is 0 Å². The van der Waals surface area contributed by atoms with E-state index in [0.717, 1.165) is 31.1 Å². The molecule has 20 heavy (non-hydrogen) atoms. The van der Waals surface area contributed by atoms with Crippen LogP contribution in [-0.2, 0) is 0 Å². The molecule has 0 spiro atoms. The highest BCUT2D eigenvalue weighted by atomic mass is 15.3. The van der Waals surface area contributed by atoms with Gasteiger partial charge in [0.1, 0.15) is 0 Å². The maximum atomic E-state index is 4.50. The van der Waals surface area contributed by atoms with Crippen molar-refractivity contribution in [1.29, 1.82) is 0 Å². The lowest BCUT2D eigenvalue weighted by molar-refractivity contribution is 0.433. The lowest BCUT2D eigenvalue weighted by atomic mass is 10.0. The lowest BCUT2D eigenvalue weighted by Crippen LogP contribution is -2.46. The minimum absolute atomic E-state index is 0.522. The van der Waals surface area contributed by atoms with Gasteiger partial charge in [0.05, 0.1) is 5.69 Å². The molecule has 0 saturated carbocycles. The van der Waals surface area contributed by atoms with E-state index < -0.39 is 0 Å². The first kappa shape index (κ1) is 13.3. The van der Waals surface area contributed by atoms with Crippen molar-refractivity contribution in [3.8, 4) is 0 Å². The molecule has 1 aliphatic heterocycles. The Morgan fingerprint density at radius 2 is 2.05 bits per heavy atom. The van der Waals surface area contributed by atoms with Crippen molar-refractivity contribution in [1.82, 2.24) is 15.5 Å². The van der Waals surface area contributed by atoms with Gasteiger partial charge in [-0.1, -0.05) is 24.3 Å². The molecule has 3 rings (SSSR count). The minimum atomic E-state index is 0.522. The number of likely N-dealkylation sites (N-methyl/N-ethyl adjacent to an activating group) is 1. The van der Waals surface area contributed by atoms with Crippen molar-refractivity contribution in [3.05, 3.63) is 30.0 Å². The summed E-state index contributed by atoms with van der Waals surface area (Å²) in [5, 5.41) is 14.8. The van der Waals surface area contributed by atoms with Crippen molar-refractivity contribution in [2.75, 3.05) is 24.5 Å². The molecule has 0 amide bonds. The van der Waals surface area contributed by atoms with E-state index in [-0.39, 0.29) is 0 Å². The fourth-order valence-corrected chi connectivity index (χ4v) is 3.12. The molecule has 2 heterocycles. The molecule has 0 radical (unpaired) electrons. The zero-order valence-electron chi connectivity index (χ0n) is 12.3. The Balaban J connectivity index is 2.05. The summed E-state index contributed by atoms with van der Waals surface area (Å²) in [6.07, 6.45) is 2.46. The largest absolute Gasteiger partial charge is 0.351 e. The van der Waals surface area contributed by atoms with Crippen LogP contribution in [0.2, 0.25) is 0 Å². The number of benzene rings is 1. The normalized spacial score (nSPS) is 19.2. The number of fused-ring (bicyclic) bond motifs is 1. The molecule has 0 bridgehead atoms. The number of piperidine rings is 1. The number of nitrogens with zero attached hydrogens (tertiary/aromatic N) is 3. The van der Waals surface area contributed by atoms with Crippen molar-refractivity contribution in [2.45, 2.75) is 32.7 Å². The number of aryl methyl sites for hydroxylation is 1. The van der Waals surface area contributed by atoms with Crippen LogP contribution >= 0.6 is 0 Å². The Morgan fingerprint density at radius 3 is 2.75 bits per heavy atom. The zero-order valence-corrected chi connectivity index (χ0v) is 12.3. The third kappa shape index (κ3) is 2.36. The van der Waals surface area contributed by atoms with Crippen molar-refractivity contribution >= 4 is 16.6 Å². The lowest BCUT2D eigenvalue weighted by Gasteiger charge is -2.35. The Labute approximate surface area is 120 Å². The second kappa shape index (κ2) is 5.75. The van der Waals surface area contributed by atoms with E-state index in [2.05, 4.69) is 51.6 Å². The van der Waals surface area contributed by atoms with Gasteiger partial charge in [-0.25, -0.2) is 0 Å². The summed E-state index contributed by atoms with van der Waals surface area (Å²) in [6.45, 7) is 7.36. The minimum Gasteiger partial charge on any atom is -0.351 e. The molecular weight excluding hydrogens is 248 g/mol. The molecular formula is C16H22N4. The highest BCUT2D eigenvalue weighted by Crippen LogP contribution is 2.27. The molecule has 2 aromatic rings. The Kier molecular flexibility index (Phi) is 3.83. The molecule has 1 N–H and O–H groups in total. The number of aromatic nitrogens is 2. The predicted molar refractivity (Wildman–Crippen MR) is 83.2 cm³/mol. The predicted octanol–water partition coefficient (Wildman–Crippen LogP) is 2.52. The van der Waals surface area contributed by atoms with Gasteiger partial charge in [0.15, 0.2) is 5.82 Å². The van der Waals surface area contributed by atoms with Gasteiger partial charge in [0.2, 0.25) is 0 Å². The maximum Gasteiger partial charge on any atom is 0.159 e. The molecule has 1 saturated heterocycles. The molecule has 1 aromatic heterocycles. The highest BCUT2D eigenvalue weighted by molar-refractivity contribution is 5.93. The molecule has 1 aromatic carbocycles. The van der Waals surface area contributed by atoms with E-state index in [0.29, 0.717) is 6.04 Å². The molecule has 1 fully saturated rings. The average Bonchev–Trinajstić information content (AvgIpc) is 2.52. The van der Waals surface area contributed by atoms with Gasteiger partial charge in [-0.05, 0) is 33.2 Å². The summed E-state index contributed by atoms with van der Waals surface area (Å²) >= 11 is 0. The molecule has 1 unspecified atom stereocenters. The quantitative estimate of drug-likeness (QED) is 0.930. The number of hydrogen-bond donors (Lipinski definition) is 1. The van der Waals surface area contributed by atoms with Gasteiger partial charge in [-0.2, -0.15) is 5.10 Å². The Bertz CT molecular complexity index is 590. The first-order valence-electron chi connectivity index (χ1n) is 7.50. The maximum absolute atomic E-state index is 4.50. The number of anilines is 1. The van der Waals surface area contributed by atoms with Crippen LogP contribution in [-0.4, -0.2) is 35.9 Å². The van der Waals surface area contributed by atoms with Gasteiger partial charge in [0.25, 0.3) is 0 Å². The second-order valence-electron chi connectivity index (χ2n) is 5.44. The topological polar surface area (TPSA) is 41.1 Å². The van der Waals surface area contributed by atoms with Crippen molar-refractivity contribution in [3.63, 3.8) is 0 Å². The average molecular weight is 270 g/mol. The van der Waals surface area contributed by atoms with E-state index >= 15 is 0 Å². The number of hydrogen-bond acceptors (Lipinski definition) is 4. The second-order valence-corrected chi connectivity index (χ2v) is 5.44. The molecule has 106 valence electrons. The van der Waals surface area contributed by atoms with Crippen LogP contribution in [0.15, 0.2) is 24.3 Å². The van der Waals surface area contributed by atoms with Crippen LogP contribution < -0.4 is 10.2 Å². The van der Waals surface area contributed by atoms with E-state index in [4.69, 9.17) is 0 Å². The molecule has 1 aliphatic rings. The fraction of sp³-hybridized carbons (Fsp3) is 0.500. The summed E-state index contributed by atoms with van der Waals surface area (Å²) in [5.41, 5.74) is 1.00. The van der Waals surface area contributed by atoms with E-state index in [1.165, 1.54) is 23.6 Å². The van der Waals surface area contributed by atoms with Gasteiger partial charge < -0.3 is 10.2 Å². The summed E-state index contributed by atoms with van der Waals surface area (Å²) in [7, 11) is 0. The van der Waals surface area contributed by atoms with Gasteiger partial charge in [-0.3, -0.25) is 0 Å². The number of rotatable bonds is 3. The van der Waals surface area contributed by atoms with Gasteiger partial charge >= 0.3 is 0 Å². The summed E-state index contributed by atoms with van der Waals surface area (Å²) < 4.78 is 0. The molecule has 4 heteroatoms. The zero-order chi connectivity index (χ0) is 13.9. The fourth-order valence-electron chi connectivity index (χ4n) is 3.12. The van der Waals surface area contributed by atoms with Crippen LogP contribution in [0.5, 0.6) is 0 Å². The van der Waals surface area contributed by atoms with Crippen LogP contribution in [0.1, 0.15) is 25.5 Å². The van der Waals surface area contributed by atoms with Gasteiger partial charge in [0, 0.05) is 29.9 Å².